The molecule has 1 N–H and O–H groups in total. The fraction of sp³-hybridized carbons (Fsp3) is 0.250. The van der Waals surface area contributed by atoms with Gasteiger partial charge in [0.15, 0.2) is 0 Å². The number of hydrogen-bond donors (Lipinski definition) is 1. The molecule has 1 aromatic heterocycles. The number of nitrogens with one attached hydrogen (secondary N) is 1. The van der Waals surface area contributed by atoms with Gasteiger partial charge in [-0.1, -0.05) is 30.3 Å². The highest BCUT2D eigenvalue weighted by atomic mass is 16.4. The van der Waals surface area contributed by atoms with E-state index in [0.717, 1.165) is 16.5 Å². The minimum absolute atomic E-state index is 0.213. The molecule has 0 aliphatic rings. The third-order valence-electron chi connectivity index (χ3n) is 4.34. The maximum atomic E-state index is 11.8. The van der Waals surface area contributed by atoms with Crippen LogP contribution in [0.25, 0.3) is 11.0 Å². The van der Waals surface area contributed by atoms with Crippen LogP contribution in [0.4, 0.5) is 0 Å². The van der Waals surface area contributed by atoms with Crippen molar-refractivity contribution in [1.29, 1.82) is 0 Å². The average molecular weight is 307 g/mol. The van der Waals surface area contributed by atoms with Gasteiger partial charge in [0, 0.05) is 24.0 Å². The van der Waals surface area contributed by atoms with Crippen LogP contribution >= 0.6 is 0 Å². The summed E-state index contributed by atoms with van der Waals surface area (Å²) < 4.78 is 5.35. The van der Waals surface area contributed by atoms with E-state index in [1.165, 1.54) is 11.1 Å². The Morgan fingerprint density at radius 2 is 1.74 bits per heavy atom. The first-order valence-corrected chi connectivity index (χ1v) is 7.87. The van der Waals surface area contributed by atoms with Gasteiger partial charge in [0.2, 0.25) is 0 Å². The van der Waals surface area contributed by atoms with Crippen molar-refractivity contribution in [3.63, 3.8) is 0 Å². The van der Waals surface area contributed by atoms with Gasteiger partial charge in [0.25, 0.3) is 0 Å². The molecule has 0 aliphatic heterocycles. The zero-order chi connectivity index (χ0) is 16.4. The van der Waals surface area contributed by atoms with E-state index >= 15 is 0 Å². The Morgan fingerprint density at radius 1 is 1.04 bits per heavy atom. The van der Waals surface area contributed by atoms with E-state index in [2.05, 4.69) is 37.4 Å². The molecule has 0 bridgehead atoms. The lowest BCUT2D eigenvalue weighted by Gasteiger charge is -2.15. The molecule has 0 radical (unpaired) electrons. The first kappa shape index (κ1) is 15.5. The first-order chi connectivity index (χ1) is 11.0. The Balaban J connectivity index is 1.91. The van der Waals surface area contributed by atoms with Gasteiger partial charge in [-0.05, 0) is 55.2 Å². The van der Waals surface area contributed by atoms with Crippen LogP contribution in [0, 0.1) is 13.8 Å². The molecule has 0 amide bonds. The van der Waals surface area contributed by atoms with Crippen molar-refractivity contribution in [1.82, 2.24) is 5.32 Å². The van der Waals surface area contributed by atoms with Crippen molar-refractivity contribution in [3.05, 3.63) is 81.2 Å². The predicted molar refractivity (Wildman–Crippen MR) is 93.7 cm³/mol. The molecule has 1 heterocycles. The van der Waals surface area contributed by atoms with E-state index < -0.39 is 0 Å². The molecule has 3 rings (SSSR count). The van der Waals surface area contributed by atoms with Crippen molar-refractivity contribution >= 4 is 11.0 Å². The Hall–Kier alpha value is -2.39. The molecule has 0 spiro atoms. The predicted octanol–water partition coefficient (Wildman–Crippen LogP) is 4.26. The van der Waals surface area contributed by atoms with E-state index in [-0.39, 0.29) is 11.7 Å². The van der Waals surface area contributed by atoms with E-state index in [4.69, 9.17) is 4.42 Å². The zero-order valence-corrected chi connectivity index (χ0v) is 13.7. The van der Waals surface area contributed by atoms with Gasteiger partial charge in [-0.25, -0.2) is 4.79 Å². The Morgan fingerprint density at radius 3 is 2.48 bits per heavy atom. The normalized spacial score (nSPS) is 12.5. The van der Waals surface area contributed by atoms with Crippen molar-refractivity contribution in [2.75, 3.05) is 0 Å². The standard InChI is InChI=1S/C20H21NO2/c1-13-9-18-17(11-20(22)23-19(18)10-14(13)2)12-21-15(3)16-7-5-4-6-8-16/h4-11,15,21H,12H2,1-3H3/t15-/m1/s1. The van der Waals surface area contributed by atoms with Crippen molar-refractivity contribution in [2.24, 2.45) is 0 Å². The Kier molecular flexibility index (Phi) is 4.30. The van der Waals surface area contributed by atoms with Crippen LogP contribution in [0.15, 0.2) is 57.7 Å². The molecular formula is C20H21NO2. The quantitative estimate of drug-likeness (QED) is 0.732. The number of fused-ring (bicyclic) bond motifs is 1. The minimum atomic E-state index is -0.301. The monoisotopic (exact) mass is 307 g/mol. The Bertz CT molecular complexity index is 881. The largest absolute Gasteiger partial charge is 0.423 e. The first-order valence-electron chi connectivity index (χ1n) is 7.87. The minimum Gasteiger partial charge on any atom is -0.423 e. The summed E-state index contributed by atoms with van der Waals surface area (Å²) in [5.74, 6) is 0. The molecule has 0 fully saturated rings. The third kappa shape index (κ3) is 3.35. The highest BCUT2D eigenvalue weighted by Gasteiger charge is 2.10. The second-order valence-corrected chi connectivity index (χ2v) is 6.04. The van der Waals surface area contributed by atoms with Crippen LogP contribution < -0.4 is 10.9 Å². The third-order valence-corrected chi connectivity index (χ3v) is 4.34. The molecule has 118 valence electrons. The molecule has 2 aromatic carbocycles. The summed E-state index contributed by atoms with van der Waals surface area (Å²) in [4.78, 5) is 11.8. The van der Waals surface area contributed by atoms with Crippen LogP contribution in [-0.2, 0) is 6.54 Å². The lowest BCUT2D eigenvalue weighted by molar-refractivity contribution is 0.547. The van der Waals surface area contributed by atoms with Gasteiger partial charge in [0.1, 0.15) is 5.58 Å². The molecule has 0 unspecified atom stereocenters. The number of rotatable bonds is 4. The maximum Gasteiger partial charge on any atom is 0.336 e. The van der Waals surface area contributed by atoms with Crippen molar-refractivity contribution in [2.45, 2.75) is 33.4 Å². The summed E-state index contributed by atoms with van der Waals surface area (Å²) in [5.41, 5.74) is 4.88. The van der Waals surface area contributed by atoms with E-state index in [9.17, 15) is 4.79 Å². The van der Waals surface area contributed by atoms with Gasteiger partial charge in [-0.2, -0.15) is 0 Å². The highest BCUT2D eigenvalue weighted by Crippen LogP contribution is 2.22. The molecule has 3 heteroatoms. The fourth-order valence-corrected chi connectivity index (χ4v) is 2.75. The summed E-state index contributed by atoms with van der Waals surface area (Å²) >= 11 is 0. The summed E-state index contributed by atoms with van der Waals surface area (Å²) in [6, 6.07) is 16.1. The van der Waals surface area contributed by atoms with Gasteiger partial charge in [-0.15, -0.1) is 0 Å². The summed E-state index contributed by atoms with van der Waals surface area (Å²) in [6.07, 6.45) is 0. The molecule has 3 aromatic rings. The second kappa shape index (κ2) is 6.39. The summed E-state index contributed by atoms with van der Waals surface area (Å²) in [6.45, 7) is 6.85. The molecule has 0 aliphatic carbocycles. The van der Waals surface area contributed by atoms with Crippen LogP contribution in [-0.4, -0.2) is 0 Å². The Labute approximate surface area is 136 Å². The SMILES string of the molecule is Cc1cc2oc(=O)cc(CN[C@H](C)c3ccccc3)c2cc1C. The second-order valence-electron chi connectivity index (χ2n) is 6.04. The number of benzene rings is 2. The van der Waals surface area contributed by atoms with Crippen molar-refractivity contribution < 1.29 is 4.42 Å². The van der Waals surface area contributed by atoms with Crippen LogP contribution in [0.2, 0.25) is 0 Å². The lowest BCUT2D eigenvalue weighted by atomic mass is 10.0. The molecule has 0 saturated carbocycles. The molecular weight excluding hydrogens is 286 g/mol. The van der Waals surface area contributed by atoms with E-state index in [1.54, 1.807) is 6.07 Å². The topological polar surface area (TPSA) is 42.2 Å². The molecule has 0 saturated heterocycles. The van der Waals surface area contributed by atoms with E-state index in [1.807, 2.05) is 31.2 Å². The van der Waals surface area contributed by atoms with E-state index in [0.29, 0.717) is 12.1 Å². The lowest BCUT2D eigenvalue weighted by Crippen LogP contribution is -2.19. The summed E-state index contributed by atoms with van der Waals surface area (Å²) in [5, 5.41) is 4.49. The van der Waals surface area contributed by atoms with Gasteiger partial charge in [-0.3, -0.25) is 0 Å². The molecule has 1 atom stereocenters. The zero-order valence-electron chi connectivity index (χ0n) is 13.7. The van der Waals surface area contributed by atoms with Gasteiger partial charge < -0.3 is 9.73 Å². The van der Waals surface area contributed by atoms with Crippen molar-refractivity contribution in [3.8, 4) is 0 Å². The summed E-state index contributed by atoms with van der Waals surface area (Å²) in [7, 11) is 0. The number of aryl methyl sites for hydroxylation is 2. The number of hydrogen-bond acceptors (Lipinski definition) is 3. The average Bonchev–Trinajstić information content (AvgIpc) is 2.55. The van der Waals surface area contributed by atoms with Crippen LogP contribution in [0.5, 0.6) is 0 Å². The maximum absolute atomic E-state index is 11.8. The highest BCUT2D eigenvalue weighted by molar-refractivity contribution is 5.81. The molecule has 3 nitrogen and oxygen atoms in total. The van der Waals surface area contributed by atoms with Gasteiger partial charge in [0.05, 0.1) is 0 Å². The fourth-order valence-electron chi connectivity index (χ4n) is 2.75. The van der Waals surface area contributed by atoms with Gasteiger partial charge >= 0.3 is 5.63 Å². The smallest absolute Gasteiger partial charge is 0.336 e. The molecule has 23 heavy (non-hydrogen) atoms. The van der Waals surface area contributed by atoms with Crippen LogP contribution in [0.1, 0.15) is 35.2 Å². The van der Waals surface area contributed by atoms with Crippen LogP contribution in [0.3, 0.4) is 0 Å².